The summed E-state index contributed by atoms with van der Waals surface area (Å²) in [5, 5.41) is 2.86. The number of amides is 1. The van der Waals surface area contributed by atoms with Crippen LogP contribution in [-0.2, 0) is 6.54 Å². The number of aromatic nitrogens is 1. The first-order valence-electron chi connectivity index (χ1n) is 6.13. The van der Waals surface area contributed by atoms with E-state index in [4.69, 9.17) is 5.73 Å². The first-order valence-corrected chi connectivity index (χ1v) is 6.13. The number of nitrogens with zero attached hydrogens (tertiary/aromatic N) is 1. The monoisotopic (exact) mass is 255 g/mol. The van der Waals surface area contributed by atoms with E-state index in [1.165, 1.54) is 0 Å². The molecular formula is C15H17N3O. The SMILES string of the molecule is Cc1ccc(CNC(=O)c2c(C)cccc2N)cn1. The van der Waals surface area contributed by atoms with E-state index >= 15 is 0 Å². The summed E-state index contributed by atoms with van der Waals surface area (Å²) < 4.78 is 0. The molecule has 0 spiro atoms. The van der Waals surface area contributed by atoms with Crippen LogP contribution in [0.15, 0.2) is 36.5 Å². The largest absolute Gasteiger partial charge is 0.398 e. The van der Waals surface area contributed by atoms with E-state index in [0.29, 0.717) is 17.8 Å². The van der Waals surface area contributed by atoms with Gasteiger partial charge in [-0.1, -0.05) is 18.2 Å². The fraction of sp³-hybridized carbons (Fsp3) is 0.200. The lowest BCUT2D eigenvalue weighted by Crippen LogP contribution is -2.24. The Morgan fingerprint density at radius 2 is 2.05 bits per heavy atom. The first-order chi connectivity index (χ1) is 9.08. The molecule has 4 heteroatoms. The molecule has 98 valence electrons. The minimum Gasteiger partial charge on any atom is -0.398 e. The molecule has 2 aromatic rings. The second-order valence-corrected chi connectivity index (χ2v) is 4.53. The Labute approximate surface area is 112 Å². The van der Waals surface area contributed by atoms with Crippen LogP contribution in [0.3, 0.4) is 0 Å². The van der Waals surface area contributed by atoms with Crippen LogP contribution in [0.1, 0.15) is 27.2 Å². The molecule has 2 rings (SSSR count). The van der Waals surface area contributed by atoms with Crippen molar-refractivity contribution in [2.24, 2.45) is 0 Å². The summed E-state index contributed by atoms with van der Waals surface area (Å²) in [7, 11) is 0. The number of hydrogen-bond donors (Lipinski definition) is 2. The fourth-order valence-corrected chi connectivity index (χ4v) is 1.87. The standard InChI is InChI=1S/C15H17N3O/c1-10-4-3-5-13(16)14(10)15(19)18-9-12-7-6-11(2)17-8-12/h3-8H,9,16H2,1-2H3,(H,18,19). The second kappa shape index (κ2) is 5.52. The molecule has 0 bridgehead atoms. The molecule has 0 aliphatic rings. The number of nitrogen functional groups attached to an aromatic ring is 1. The minimum absolute atomic E-state index is 0.156. The van der Waals surface area contributed by atoms with Crippen molar-refractivity contribution >= 4 is 11.6 Å². The molecule has 0 saturated heterocycles. The van der Waals surface area contributed by atoms with Gasteiger partial charge in [-0.15, -0.1) is 0 Å². The van der Waals surface area contributed by atoms with Gasteiger partial charge in [0.2, 0.25) is 0 Å². The van der Waals surface area contributed by atoms with Crippen LogP contribution in [0, 0.1) is 13.8 Å². The smallest absolute Gasteiger partial charge is 0.253 e. The molecule has 4 nitrogen and oxygen atoms in total. The lowest BCUT2D eigenvalue weighted by Gasteiger charge is -2.10. The van der Waals surface area contributed by atoms with Gasteiger partial charge in [-0.3, -0.25) is 9.78 Å². The number of hydrogen-bond acceptors (Lipinski definition) is 3. The van der Waals surface area contributed by atoms with Crippen LogP contribution < -0.4 is 11.1 Å². The van der Waals surface area contributed by atoms with Gasteiger partial charge in [0.1, 0.15) is 0 Å². The molecular weight excluding hydrogens is 238 g/mol. The van der Waals surface area contributed by atoms with Crippen LogP contribution >= 0.6 is 0 Å². The van der Waals surface area contributed by atoms with Gasteiger partial charge in [-0.2, -0.15) is 0 Å². The number of pyridine rings is 1. The number of rotatable bonds is 3. The summed E-state index contributed by atoms with van der Waals surface area (Å²) in [6.07, 6.45) is 1.76. The van der Waals surface area contributed by atoms with Crippen molar-refractivity contribution in [3.63, 3.8) is 0 Å². The molecule has 0 saturated carbocycles. The van der Waals surface area contributed by atoms with E-state index in [0.717, 1.165) is 16.8 Å². The van der Waals surface area contributed by atoms with E-state index < -0.39 is 0 Å². The van der Waals surface area contributed by atoms with Gasteiger partial charge < -0.3 is 11.1 Å². The lowest BCUT2D eigenvalue weighted by molar-refractivity contribution is 0.0951. The Morgan fingerprint density at radius 1 is 1.26 bits per heavy atom. The number of aryl methyl sites for hydroxylation is 2. The molecule has 0 atom stereocenters. The van der Waals surface area contributed by atoms with E-state index in [1.807, 2.05) is 38.1 Å². The molecule has 1 aromatic carbocycles. The van der Waals surface area contributed by atoms with Gasteiger partial charge in [0.05, 0.1) is 5.56 Å². The van der Waals surface area contributed by atoms with E-state index in [1.54, 1.807) is 12.3 Å². The maximum atomic E-state index is 12.1. The minimum atomic E-state index is -0.156. The van der Waals surface area contributed by atoms with Crippen molar-refractivity contribution in [2.75, 3.05) is 5.73 Å². The van der Waals surface area contributed by atoms with Crippen molar-refractivity contribution in [2.45, 2.75) is 20.4 Å². The van der Waals surface area contributed by atoms with E-state index in [9.17, 15) is 4.79 Å². The van der Waals surface area contributed by atoms with Gasteiger partial charge >= 0.3 is 0 Å². The van der Waals surface area contributed by atoms with Crippen LogP contribution in [0.4, 0.5) is 5.69 Å². The topological polar surface area (TPSA) is 68.0 Å². The molecule has 0 radical (unpaired) electrons. The molecule has 19 heavy (non-hydrogen) atoms. The third-order valence-corrected chi connectivity index (χ3v) is 2.96. The number of carbonyl (C=O) groups excluding carboxylic acids is 1. The first kappa shape index (κ1) is 13.1. The zero-order valence-electron chi connectivity index (χ0n) is 11.1. The lowest BCUT2D eigenvalue weighted by atomic mass is 10.1. The van der Waals surface area contributed by atoms with Crippen molar-refractivity contribution in [1.29, 1.82) is 0 Å². The number of carbonyl (C=O) groups is 1. The highest BCUT2D eigenvalue weighted by atomic mass is 16.1. The third kappa shape index (κ3) is 3.10. The summed E-state index contributed by atoms with van der Waals surface area (Å²) in [5.41, 5.74) is 9.68. The molecule has 0 aliphatic carbocycles. The van der Waals surface area contributed by atoms with Crippen LogP contribution in [0.2, 0.25) is 0 Å². The highest BCUT2D eigenvalue weighted by Crippen LogP contribution is 2.16. The summed E-state index contributed by atoms with van der Waals surface area (Å²) in [6, 6.07) is 9.31. The Hall–Kier alpha value is -2.36. The zero-order chi connectivity index (χ0) is 13.8. The fourth-order valence-electron chi connectivity index (χ4n) is 1.87. The van der Waals surface area contributed by atoms with Gasteiger partial charge in [-0.25, -0.2) is 0 Å². The molecule has 3 N–H and O–H groups in total. The van der Waals surface area contributed by atoms with Crippen molar-refractivity contribution < 1.29 is 4.79 Å². The Kier molecular flexibility index (Phi) is 3.80. The molecule has 1 heterocycles. The maximum absolute atomic E-state index is 12.1. The third-order valence-electron chi connectivity index (χ3n) is 2.96. The second-order valence-electron chi connectivity index (χ2n) is 4.53. The molecule has 1 amide bonds. The number of anilines is 1. The van der Waals surface area contributed by atoms with Crippen LogP contribution in [0.5, 0.6) is 0 Å². The molecule has 0 fully saturated rings. The summed E-state index contributed by atoms with van der Waals surface area (Å²) in [5.74, 6) is -0.156. The summed E-state index contributed by atoms with van der Waals surface area (Å²) in [4.78, 5) is 16.3. The summed E-state index contributed by atoms with van der Waals surface area (Å²) in [6.45, 7) is 4.25. The highest BCUT2D eigenvalue weighted by molar-refractivity contribution is 6.00. The predicted molar refractivity (Wildman–Crippen MR) is 75.7 cm³/mol. The highest BCUT2D eigenvalue weighted by Gasteiger charge is 2.11. The number of nitrogens with one attached hydrogen (secondary N) is 1. The van der Waals surface area contributed by atoms with Crippen molar-refractivity contribution in [3.8, 4) is 0 Å². The van der Waals surface area contributed by atoms with Crippen LogP contribution in [-0.4, -0.2) is 10.9 Å². The van der Waals surface area contributed by atoms with Crippen molar-refractivity contribution in [1.82, 2.24) is 10.3 Å². The van der Waals surface area contributed by atoms with Crippen LogP contribution in [0.25, 0.3) is 0 Å². The number of benzene rings is 1. The average molecular weight is 255 g/mol. The zero-order valence-corrected chi connectivity index (χ0v) is 11.1. The van der Waals surface area contributed by atoms with E-state index in [-0.39, 0.29) is 5.91 Å². The quantitative estimate of drug-likeness (QED) is 0.826. The summed E-state index contributed by atoms with van der Waals surface area (Å²) >= 11 is 0. The van der Waals surface area contributed by atoms with Gasteiger partial charge in [0.15, 0.2) is 0 Å². The number of nitrogens with two attached hydrogens (primary N) is 1. The van der Waals surface area contributed by atoms with Crippen molar-refractivity contribution in [3.05, 3.63) is 58.9 Å². The Balaban J connectivity index is 2.07. The Morgan fingerprint density at radius 3 is 2.68 bits per heavy atom. The van der Waals surface area contributed by atoms with Gasteiger partial charge in [0.25, 0.3) is 5.91 Å². The molecule has 0 aliphatic heterocycles. The normalized spacial score (nSPS) is 10.2. The maximum Gasteiger partial charge on any atom is 0.253 e. The molecule has 1 aromatic heterocycles. The van der Waals surface area contributed by atoms with Gasteiger partial charge in [-0.05, 0) is 37.1 Å². The Bertz CT molecular complexity index is 571. The average Bonchev–Trinajstić information content (AvgIpc) is 2.38. The van der Waals surface area contributed by atoms with E-state index in [2.05, 4.69) is 10.3 Å². The van der Waals surface area contributed by atoms with Gasteiger partial charge in [0, 0.05) is 24.1 Å². The molecule has 0 unspecified atom stereocenters. The predicted octanol–water partition coefficient (Wildman–Crippen LogP) is 2.21.